The van der Waals surface area contributed by atoms with Crippen molar-refractivity contribution >= 4 is 41.4 Å². The van der Waals surface area contributed by atoms with Crippen molar-refractivity contribution in [3.05, 3.63) is 83.6 Å². The lowest BCUT2D eigenvalue weighted by atomic mass is 9.89. The number of aliphatic carboxylic acids is 1. The minimum atomic E-state index is -1.25. The van der Waals surface area contributed by atoms with E-state index >= 15 is 0 Å². The standard InChI is InChI=1S/C49H68N6O12/c1-9-30(4)43(37(65-7)28-41(59)53-22-13-16-36(53)45(66-8)31(5)46(60)50-35(49(63)64)26-32-14-11-10-12-15-32)52(6)48(62)42(29(2)3)51-47(61)44-33-17-18-34(27-33)55(44)40(58)21-24-67-25-23-54-38(56)19-20-39(54)57/h10-12,14-16,19-20,27,29-30,34-35,37,42-45,48,62H,5,9,13,17-18,21-26,28H2,1-4,6-8H3,(H,50,60)(H,51,61)(H,63,64)/t30-,34+,35-,37+,42-,43-,44-,45+,48?/m0/s1. The van der Waals surface area contributed by atoms with Gasteiger partial charge in [0.05, 0.1) is 56.5 Å². The Balaban J connectivity index is 1.23. The Labute approximate surface area is 393 Å². The summed E-state index contributed by atoms with van der Waals surface area (Å²) in [7, 11) is 4.61. The molecule has 4 aliphatic rings. The van der Waals surface area contributed by atoms with E-state index in [2.05, 4.69) is 17.2 Å². The van der Waals surface area contributed by atoms with E-state index in [9.17, 15) is 43.8 Å². The number of nitrogens with one attached hydrogen (secondary N) is 2. The Hall–Kier alpha value is -5.53. The SMILES string of the molecule is C=C(C(=O)N[C@@H](Cc1ccccc1)C(=O)O)[C@@H](OC)C1=CCCN1C(=O)C[C@@H](OC)[C@H]([C@@H](C)CC)N(C)C(O)[C@@H](NC(=O)[C@@H]1C2=C[C@@H](CC2)N1C(=O)CCOCCN1C(=O)C=CC1=O)C(C)C. The summed E-state index contributed by atoms with van der Waals surface area (Å²) < 4.78 is 17.4. The van der Waals surface area contributed by atoms with Crippen molar-refractivity contribution in [2.24, 2.45) is 11.8 Å². The molecule has 6 amide bonds. The molecule has 5 rings (SSSR count). The number of benzene rings is 1. The van der Waals surface area contributed by atoms with Gasteiger partial charge >= 0.3 is 5.97 Å². The number of carbonyl (C=O) groups is 7. The summed E-state index contributed by atoms with van der Waals surface area (Å²) in [6.45, 7) is 12.2. The van der Waals surface area contributed by atoms with E-state index in [1.54, 1.807) is 47.2 Å². The molecule has 67 heavy (non-hydrogen) atoms. The number of nitrogens with zero attached hydrogens (tertiary/aromatic N) is 4. The van der Waals surface area contributed by atoms with E-state index < -0.39 is 72.2 Å². The molecule has 0 saturated carbocycles. The number of likely N-dealkylation sites (tertiary alicyclic amines) is 1. The Morgan fingerprint density at radius 1 is 0.970 bits per heavy atom. The maximum atomic E-state index is 14.3. The molecule has 1 aliphatic carbocycles. The topological polar surface area (TPSA) is 225 Å². The van der Waals surface area contributed by atoms with Gasteiger partial charge in [-0.2, -0.15) is 0 Å². The van der Waals surface area contributed by atoms with Crippen LogP contribution in [0.3, 0.4) is 0 Å². The Kier molecular flexibility index (Phi) is 18.8. The Morgan fingerprint density at radius 2 is 1.66 bits per heavy atom. The molecule has 0 saturated heterocycles. The van der Waals surface area contributed by atoms with Gasteiger partial charge in [-0.3, -0.25) is 38.6 Å². The third-order valence-corrected chi connectivity index (χ3v) is 13.3. The van der Waals surface area contributed by atoms with Crippen LogP contribution in [0, 0.1) is 11.8 Å². The molecule has 3 heterocycles. The molecule has 0 aromatic heterocycles. The fraction of sp³-hybridized carbons (Fsp3) is 0.571. The lowest BCUT2D eigenvalue weighted by molar-refractivity contribution is -0.144. The number of aliphatic hydroxyl groups is 1. The molecule has 18 heteroatoms. The maximum Gasteiger partial charge on any atom is 0.326 e. The van der Waals surface area contributed by atoms with Gasteiger partial charge in [0.15, 0.2) is 0 Å². The van der Waals surface area contributed by atoms with E-state index in [0.29, 0.717) is 37.9 Å². The molecule has 366 valence electrons. The number of hydrogen-bond donors (Lipinski definition) is 4. The molecule has 4 N–H and O–H groups in total. The van der Waals surface area contributed by atoms with Crippen LogP contribution in [0.1, 0.15) is 71.8 Å². The first-order valence-electron chi connectivity index (χ1n) is 23.1. The van der Waals surface area contributed by atoms with E-state index in [4.69, 9.17) is 14.2 Å². The summed E-state index contributed by atoms with van der Waals surface area (Å²) in [6.07, 6.45) is 5.50. The Bertz CT molecular complexity index is 2070. The smallest absolute Gasteiger partial charge is 0.326 e. The molecular formula is C49H68N6O12. The number of carboxylic acid groups (broad SMARTS) is 1. The number of fused-ring (bicyclic) bond motifs is 1. The zero-order valence-corrected chi connectivity index (χ0v) is 39.7. The van der Waals surface area contributed by atoms with Crippen molar-refractivity contribution in [2.75, 3.05) is 47.6 Å². The number of piperidine rings is 1. The lowest BCUT2D eigenvalue weighted by Gasteiger charge is -2.44. The molecule has 0 radical (unpaired) electrons. The van der Waals surface area contributed by atoms with Crippen molar-refractivity contribution in [2.45, 2.75) is 121 Å². The second-order valence-electron chi connectivity index (χ2n) is 17.9. The monoisotopic (exact) mass is 932 g/mol. The highest BCUT2D eigenvalue weighted by molar-refractivity contribution is 6.12. The number of carbonyl (C=O) groups excluding carboxylic acids is 6. The van der Waals surface area contributed by atoms with Gasteiger partial charge in [0.2, 0.25) is 23.6 Å². The second kappa shape index (κ2) is 24.0. The summed E-state index contributed by atoms with van der Waals surface area (Å²) in [5.74, 6) is -4.17. The number of imide groups is 1. The summed E-state index contributed by atoms with van der Waals surface area (Å²) in [6, 6.07) is 5.24. The van der Waals surface area contributed by atoms with Gasteiger partial charge in [-0.25, -0.2) is 4.79 Å². The second-order valence-corrected chi connectivity index (χ2v) is 17.9. The highest BCUT2D eigenvalue weighted by atomic mass is 16.5. The number of aliphatic hydroxyl groups excluding tert-OH is 1. The molecule has 9 atom stereocenters. The third-order valence-electron chi connectivity index (χ3n) is 13.3. The minimum Gasteiger partial charge on any atom is -0.480 e. The predicted molar refractivity (Wildman–Crippen MR) is 246 cm³/mol. The number of carboxylic acids is 1. The number of rotatable bonds is 26. The van der Waals surface area contributed by atoms with Crippen molar-refractivity contribution in [1.82, 2.24) is 30.2 Å². The predicted octanol–water partition coefficient (Wildman–Crippen LogP) is 2.33. The zero-order valence-electron chi connectivity index (χ0n) is 39.7. The molecule has 2 bridgehead atoms. The molecule has 3 aliphatic heterocycles. The number of ether oxygens (including phenoxy) is 3. The lowest BCUT2D eigenvalue weighted by Crippen LogP contribution is -2.62. The van der Waals surface area contributed by atoms with Crippen LogP contribution in [-0.2, 0) is 54.2 Å². The normalized spacial score (nSPS) is 21.0. The molecule has 1 aromatic rings. The zero-order chi connectivity index (χ0) is 49.1. The van der Waals surface area contributed by atoms with Crippen LogP contribution in [0.2, 0.25) is 0 Å². The number of likely N-dealkylation sites (N-methyl/N-ethyl adjacent to an activating group) is 1. The van der Waals surface area contributed by atoms with Crippen molar-refractivity contribution in [1.29, 1.82) is 0 Å². The molecule has 18 nitrogen and oxygen atoms in total. The average Bonchev–Trinajstić information content (AvgIpc) is 4.13. The van der Waals surface area contributed by atoms with Crippen molar-refractivity contribution in [3.8, 4) is 0 Å². The van der Waals surface area contributed by atoms with E-state index in [0.717, 1.165) is 16.0 Å². The summed E-state index contributed by atoms with van der Waals surface area (Å²) in [4.78, 5) is 97.4. The van der Waals surface area contributed by atoms with Crippen LogP contribution < -0.4 is 10.6 Å². The largest absolute Gasteiger partial charge is 0.480 e. The van der Waals surface area contributed by atoms with Gasteiger partial charge in [0.1, 0.15) is 24.4 Å². The van der Waals surface area contributed by atoms with Crippen LogP contribution in [0.15, 0.2) is 78.1 Å². The van der Waals surface area contributed by atoms with Gasteiger partial charge in [0, 0.05) is 51.0 Å². The number of hydrogen-bond acceptors (Lipinski definition) is 12. The third kappa shape index (κ3) is 12.5. The molecule has 1 unspecified atom stereocenters. The highest BCUT2D eigenvalue weighted by Crippen LogP contribution is 2.38. The van der Waals surface area contributed by atoms with E-state index in [1.807, 2.05) is 39.8 Å². The summed E-state index contributed by atoms with van der Waals surface area (Å²) in [5, 5.41) is 27.7. The van der Waals surface area contributed by atoms with Crippen LogP contribution in [0.5, 0.6) is 0 Å². The highest BCUT2D eigenvalue weighted by Gasteiger charge is 2.47. The van der Waals surface area contributed by atoms with Crippen LogP contribution in [0.4, 0.5) is 0 Å². The molecule has 0 fully saturated rings. The van der Waals surface area contributed by atoms with E-state index in [-0.39, 0.29) is 74.3 Å². The quantitative estimate of drug-likeness (QED) is 0.0345. The van der Waals surface area contributed by atoms with E-state index in [1.165, 1.54) is 31.3 Å². The first kappa shape index (κ1) is 52.4. The molecule has 0 spiro atoms. The Morgan fingerprint density at radius 3 is 2.27 bits per heavy atom. The fourth-order valence-electron chi connectivity index (χ4n) is 9.48. The summed E-state index contributed by atoms with van der Waals surface area (Å²) >= 11 is 0. The first-order chi connectivity index (χ1) is 31.9. The minimum absolute atomic E-state index is 0.0123. The first-order valence-corrected chi connectivity index (χ1v) is 23.1. The average molecular weight is 933 g/mol. The number of amides is 6. The van der Waals surface area contributed by atoms with Crippen molar-refractivity contribution < 1.29 is 58.0 Å². The van der Waals surface area contributed by atoms with Gasteiger partial charge in [-0.1, -0.05) is 83.2 Å². The van der Waals surface area contributed by atoms with Crippen molar-refractivity contribution in [3.63, 3.8) is 0 Å². The van der Waals surface area contributed by atoms with Gasteiger partial charge in [-0.15, -0.1) is 0 Å². The number of methoxy groups -OCH3 is 2. The van der Waals surface area contributed by atoms with Crippen LogP contribution >= 0.6 is 0 Å². The fourth-order valence-corrected chi connectivity index (χ4v) is 9.48. The maximum absolute atomic E-state index is 14.3. The van der Waals surface area contributed by atoms with Crippen LogP contribution in [-0.4, -0.2) is 167 Å². The molecule has 1 aromatic carbocycles. The van der Waals surface area contributed by atoms with Gasteiger partial charge < -0.3 is 44.9 Å². The molecular weight excluding hydrogens is 865 g/mol. The summed E-state index contributed by atoms with van der Waals surface area (Å²) in [5.41, 5.74) is 1.89. The van der Waals surface area contributed by atoms with Crippen LogP contribution in [0.25, 0.3) is 0 Å². The van der Waals surface area contributed by atoms with Gasteiger partial charge in [-0.05, 0) is 49.3 Å². The van der Waals surface area contributed by atoms with Gasteiger partial charge in [0.25, 0.3) is 11.8 Å².